The average Bonchev–Trinajstić information content (AvgIpc) is 2.83. The first kappa shape index (κ1) is 17.0. The molecule has 2 saturated heterocycles. The molecule has 2 aliphatic rings. The van der Waals surface area contributed by atoms with E-state index in [9.17, 15) is 0 Å². The van der Waals surface area contributed by atoms with Gasteiger partial charge in [-0.2, -0.15) is 0 Å². The summed E-state index contributed by atoms with van der Waals surface area (Å²) in [5.74, 6) is 0.192. The summed E-state index contributed by atoms with van der Waals surface area (Å²) >= 11 is 4.53. The van der Waals surface area contributed by atoms with E-state index in [2.05, 4.69) is 12.6 Å². The van der Waals surface area contributed by atoms with Gasteiger partial charge >= 0.3 is 0 Å². The highest BCUT2D eigenvalue weighted by atomic mass is 32.1. The molecule has 1 unspecified atom stereocenters. The van der Waals surface area contributed by atoms with Crippen molar-refractivity contribution in [3.05, 3.63) is 29.8 Å². The highest BCUT2D eigenvalue weighted by Crippen LogP contribution is 2.39. The molecular weight excluding hydrogens is 316 g/mol. The second-order valence-electron chi connectivity index (χ2n) is 6.42. The molecule has 2 fully saturated rings. The largest absolute Gasteiger partial charge is 0.497 e. The number of hydrogen-bond acceptors (Lipinski definition) is 6. The summed E-state index contributed by atoms with van der Waals surface area (Å²) in [6.07, 6.45) is -0.697. The van der Waals surface area contributed by atoms with E-state index in [1.807, 2.05) is 45.0 Å². The third-order valence-corrected chi connectivity index (χ3v) is 4.60. The fourth-order valence-corrected chi connectivity index (χ4v) is 3.51. The van der Waals surface area contributed by atoms with Crippen LogP contribution >= 0.6 is 12.6 Å². The molecule has 5 nitrogen and oxygen atoms in total. The lowest BCUT2D eigenvalue weighted by molar-refractivity contribution is -0.175. The monoisotopic (exact) mass is 340 g/mol. The van der Waals surface area contributed by atoms with Crippen molar-refractivity contribution in [3.63, 3.8) is 0 Å². The Morgan fingerprint density at radius 1 is 1.13 bits per heavy atom. The van der Waals surface area contributed by atoms with Crippen LogP contribution in [0.3, 0.4) is 0 Å². The van der Waals surface area contributed by atoms with Crippen LogP contribution in [0.4, 0.5) is 0 Å². The van der Waals surface area contributed by atoms with Crippen molar-refractivity contribution in [3.8, 4) is 5.75 Å². The van der Waals surface area contributed by atoms with Gasteiger partial charge in [0.1, 0.15) is 29.5 Å². The van der Waals surface area contributed by atoms with Crippen LogP contribution in [0.1, 0.15) is 26.3 Å². The highest BCUT2D eigenvalue weighted by molar-refractivity contribution is 7.80. The molecule has 2 aliphatic heterocycles. The van der Waals surface area contributed by atoms with Crippen molar-refractivity contribution < 1.29 is 23.7 Å². The zero-order valence-electron chi connectivity index (χ0n) is 13.9. The van der Waals surface area contributed by atoms with Gasteiger partial charge in [-0.15, -0.1) is 12.6 Å². The molecule has 0 N–H and O–H groups in total. The summed E-state index contributed by atoms with van der Waals surface area (Å²) in [7, 11) is 1.65. The van der Waals surface area contributed by atoms with Gasteiger partial charge in [0.05, 0.1) is 19.8 Å². The molecule has 0 spiro atoms. The highest BCUT2D eigenvalue weighted by Gasteiger charge is 2.53. The van der Waals surface area contributed by atoms with Gasteiger partial charge < -0.3 is 23.7 Å². The minimum atomic E-state index is -0.632. The van der Waals surface area contributed by atoms with Crippen molar-refractivity contribution in [1.82, 2.24) is 0 Å². The third kappa shape index (κ3) is 3.67. The zero-order valence-corrected chi connectivity index (χ0v) is 14.8. The summed E-state index contributed by atoms with van der Waals surface area (Å²) in [5.41, 5.74) is 0.710. The van der Waals surface area contributed by atoms with Gasteiger partial charge in [-0.1, -0.05) is 12.1 Å². The first-order chi connectivity index (χ1) is 10.9. The van der Waals surface area contributed by atoms with Crippen LogP contribution in [0.2, 0.25) is 0 Å². The van der Waals surface area contributed by atoms with Gasteiger partial charge in [-0.3, -0.25) is 0 Å². The maximum atomic E-state index is 6.06. The molecule has 0 radical (unpaired) electrons. The van der Waals surface area contributed by atoms with Crippen LogP contribution in [0.15, 0.2) is 24.3 Å². The van der Waals surface area contributed by atoms with Gasteiger partial charge in [0.15, 0.2) is 5.79 Å². The third-order valence-electron chi connectivity index (χ3n) is 4.19. The Labute approximate surface area is 142 Å². The van der Waals surface area contributed by atoms with Crippen LogP contribution in [0, 0.1) is 0 Å². The summed E-state index contributed by atoms with van der Waals surface area (Å²) < 4.78 is 29.1. The fraction of sp³-hybridized carbons (Fsp3) is 0.647. The van der Waals surface area contributed by atoms with Gasteiger partial charge in [-0.25, -0.2) is 0 Å². The molecule has 0 bridgehead atoms. The summed E-state index contributed by atoms with van der Waals surface area (Å²) in [5, 5.41) is 0. The number of fused-ring (bicyclic) bond motifs is 1. The lowest BCUT2D eigenvalue weighted by Crippen LogP contribution is -2.54. The molecule has 2 heterocycles. The number of rotatable bonds is 4. The number of hydrogen-bond donors (Lipinski definition) is 1. The summed E-state index contributed by atoms with van der Waals surface area (Å²) in [4.78, 5) is 0. The van der Waals surface area contributed by atoms with Crippen molar-refractivity contribution in [2.45, 2.75) is 63.0 Å². The number of ether oxygens (including phenoxy) is 5. The lowest BCUT2D eigenvalue weighted by atomic mass is 10.0. The van der Waals surface area contributed by atoms with E-state index in [1.54, 1.807) is 7.11 Å². The molecular formula is C17H24O5S. The lowest BCUT2D eigenvalue weighted by Gasteiger charge is -2.39. The van der Waals surface area contributed by atoms with Crippen LogP contribution in [0.5, 0.6) is 5.75 Å². The number of benzene rings is 1. The molecule has 128 valence electrons. The summed E-state index contributed by atoms with van der Waals surface area (Å²) in [6.45, 7) is 6.25. The first-order valence-electron chi connectivity index (χ1n) is 7.83. The maximum absolute atomic E-state index is 6.06. The van der Waals surface area contributed by atoms with Crippen molar-refractivity contribution >= 4 is 12.6 Å². The van der Waals surface area contributed by atoms with Crippen LogP contribution in [0.25, 0.3) is 0 Å². The fourth-order valence-electron chi connectivity index (χ4n) is 3.06. The van der Waals surface area contributed by atoms with E-state index in [0.717, 1.165) is 11.3 Å². The average molecular weight is 340 g/mol. The van der Waals surface area contributed by atoms with Gasteiger partial charge in [0, 0.05) is 0 Å². The van der Waals surface area contributed by atoms with Gasteiger partial charge in [0.25, 0.3) is 0 Å². The predicted octanol–water partition coefficient (Wildman–Crippen LogP) is 2.78. The Morgan fingerprint density at radius 2 is 1.78 bits per heavy atom. The SMILES string of the molecule is COc1ccc(CO[C@@H]2C(S)O[C@@H](C)[C@H]3OC(C)(C)O[C@H]32)cc1. The second kappa shape index (κ2) is 6.61. The molecule has 5 atom stereocenters. The zero-order chi connectivity index (χ0) is 16.6. The van der Waals surface area contributed by atoms with Crippen LogP contribution in [-0.2, 0) is 25.6 Å². The quantitative estimate of drug-likeness (QED) is 0.854. The van der Waals surface area contributed by atoms with Crippen LogP contribution < -0.4 is 4.74 Å². The first-order valence-corrected chi connectivity index (χ1v) is 8.35. The molecule has 0 aromatic heterocycles. The predicted molar refractivity (Wildman–Crippen MR) is 88.7 cm³/mol. The minimum Gasteiger partial charge on any atom is -0.497 e. The van der Waals surface area contributed by atoms with Crippen molar-refractivity contribution in [2.24, 2.45) is 0 Å². The molecule has 0 saturated carbocycles. The number of thiol groups is 1. The Morgan fingerprint density at radius 3 is 2.43 bits per heavy atom. The van der Waals surface area contributed by atoms with Gasteiger partial charge in [0.2, 0.25) is 0 Å². The van der Waals surface area contributed by atoms with E-state index in [4.69, 9.17) is 23.7 Å². The van der Waals surface area contributed by atoms with E-state index in [-0.39, 0.29) is 29.9 Å². The van der Waals surface area contributed by atoms with Gasteiger partial charge in [-0.05, 0) is 38.5 Å². The molecule has 6 heteroatoms. The Hall–Kier alpha value is -0.790. The smallest absolute Gasteiger partial charge is 0.164 e. The molecule has 23 heavy (non-hydrogen) atoms. The van der Waals surface area contributed by atoms with E-state index in [1.165, 1.54) is 0 Å². The van der Waals surface area contributed by atoms with E-state index in [0.29, 0.717) is 6.61 Å². The van der Waals surface area contributed by atoms with Crippen LogP contribution in [-0.4, -0.2) is 42.7 Å². The Kier molecular flexibility index (Phi) is 4.90. The second-order valence-corrected chi connectivity index (χ2v) is 6.93. The summed E-state index contributed by atoms with van der Waals surface area (Å²) in [6, 6.07) is 7.78. The van der Waals surface area contributed by atoms with E-state index >= 15 is 0 Å². The standard InChI is InChI=1S/C17H24O5S/c1-10-13-14(22-17(2,3)21-13)15(16(23)20-10)19-9-11-5-7-12(18-4)8-6-11/h5-8,10,13-16,23H,9H2,1-4H3/t10-,13+,14+,15-,16?/m0/s1. The normalized spacial score (nSPS) is 35.8. The molecule has 0 amide bonds. The topological polar surface area (TPSA) is 46.2 Å². The van der Waals surface area contributed by atoms with Crippen molar-refractivity contribution in [1.29, 1.82) is 0 Å². The maximum Gasteiger partial charge on any atom is 0.164 e. The molecule has 0 aliphatic carbocycles. The Balaban J connectivity index is 1.67. The molecule has 3 rings (SSSR count). The molecule has 1 aromatic rings. The number of methoxy groups -OCH3 is 1. The Bertz CT molecular complexity index is 532. The minimum absolute atomic E-state index is 0.0786. The molecule has 1 aromatic carbocycles. The van der Waals surface area contributed by atoms with Crippen molar-refractivity contribution in [2.75, 3.05) is 7.11 Å². The van der Waals surface area contributed by atoms with E-state index < -0.39 is 5.79 Å².